The molecule has 1 saturated carbocycles. The minimum absolute atomic E-state index is 0.173. The molecule has 0 spiro atoms. The van der Waals surface area contributed by atoms with Crippen LogP contribution >= 0.6 is 11.3 Å². The van der Waals surface area contributed by atoms with Crippen molar-refractivity contribution in [3.05, 3.63) is 33.8 Å². The number of piperidine rings is 1. The van der Waals surface area contributed by atoms with E-state index in [1.54, 1.807) is 15.9 Å². The van der Waals surface area contributed by atoms with Crippen LogP contribution in [0.2, 0.25) is 0 Å². The van der Waals surface area contributed by atoms with E-state index in [9.17, 15) is 9.59 Å². The van der Waals surface area contributed by atoms with Gasteiger partial charge in [0.25, 0.3) is 0 Å². The Kier molecular flexibility index (Phi) is 6.29. The normalized spacial score (nSPS) is 19.2. The molecular weight excluding hydrogens is 372 g/mol. The number of nitrogens with one attached hydrogen (secondary N) is 1. The van der Waals surface area contributed by atoms with E-state index in [1.165, 1.54) is 32.1 Å². The van der Waals surface area contributed by atoms with E-state index < -0.39 is 0 Å². The zero-order valence-corrected chi connectivity index (χ0v) is 17.3. The molecule has 1 aliphatic heterocycles. The van der Waals surface area contributed by atoms with Gasteiger partial charge in [-0.2, -0.15) is 5.10 Å². The maximum absolute atomic E-state index is 12.6. The van der Waals surface area contributed by atoms with E-state index >= 15 is 0 Å². The number of aromatic amines is 1. The van der Waals surface area contributed by atoms with Crippen molar-refractivity contribution in [2.24, 2.45) is 11.8 Å². The highest BCUT2D eigenvalue weighted by molar-refractivity contribution is 7.12. The van der Waals surface area contributed by atoms with Gasteiger partial charge < -0.3 is 4.90 Å². The van der Waals surface area contributed by atoms with Crippen molar-refractivity contribution in [3.63, 3.8) is 0 Å². The van der Waals surface area contributed by atoms with Crippen LogP contribution in [0.15, 0.2) is 22.3 Å². The molecule has 0 aromatic carbocycles. The second-order valence-corrected chi connectivity index (χ2v) is 9.23. The molecule has 0 unspecified atom stereocenters. The predicted molar refractivity (Wildman–Crippen MR) is 111 cm³/mol. The number of rotatable bonds is 6. The van der Waals surface area contributed by atoms with Gasteiger partial charge in [0, 0.05) is 25.9 Å². The van der Waals surface area contributed by atoms with Crippen LogP contribution in [-0.2, 0) is 11.2 Å². The highest BCUT2D eigenvalue weighted by Gasteiger charge is 2.25. The smallest absolute Gasteiger partial charge is 0.343 e. The molecule has 1 aliphatic carbocycles. The number of H-pyrrole nitrogens is 1. The van der Waals surface area contributed by atoms with Crippen LogP contribution in [0.25, 0.3) is 5.00 Å². The number of nitrogens with zero attached hydrogens (tertiary/aromatic N) is 3. The average molecular weight is 403 g/mol. The first-order chi connectivity index (χ1) is 13.7. The van der Waals surface area contributed by atoms with Gasteiger partial charge in [-0.3, -0.25) is 4.79 Å². The first-order valence-electron chi connectivity index (χ1n) is 10.7. The number of carbonyl (C=O) groups is 1. The van der Waals surface area contributed by atoms with Gasteiger partial charge in [-0.05, 0) is 48.6 Å². The van der Waals surface area contributed by atoms with Gasteiger partial charge in [0.15, 0.2) is 0 Å². The molecule has 2 aromatic rings. The van der Waals surface area contributed by atoms with Crippen LogP contribution in [0, 0.1) is 11.8 Å². The molecule has 0 radical (unpaired) electrons. The average Bonchev–Trinajstić information content (AvgIpc) is 3.37. The monoisotopic (exact) mass is 402 g/mol. The highest BCUT2D eigenvalue weighted by atomic mass is 32.1. The van der Waals surface area contributed by atoms with Gasteiger partial charge in [0.2, 0.25) is 5.91 Å². The number of carbonyl (C=O) groups excluding carboxylic acids is 1. The Labute approximate surface area is 170 Å². The van der Waals surface area contributed by atoms with Crippen molar-refractivity contribution < 1.29 is 4.79 Å². The lowest BCUT2D eigenvalue weighted by Crippen LogP contribution is -2.39. The van der Waals surface area contributed by atoms with Crippen LogP contribution < -0.4 is 5.69 Å². The standard InChI is InChI=1S/C21H30N4O2S/c26-19(9-8-16-5-2-1-3-6-16)24-12-10-17(11-13-24)15-18-22-23-21(27)25(18)20-7-4-14-28-20/h4,7,14,16-17H,1-3,5-6,8-13,15H2,(H,23,27). The largest absolute Gasteiger partial charge is 0.348 e. The topological polar surface area (TPSA) is 71.0 Å². The summed E-state index contributed by atoms with van der Waals surface area (Å²) >= 11 is 1.54. The summed E-state index contributed by atoms with van der Waals surface area (Å²) in [5.41, 5.74) is -0.173. The summed E-state index contributed by atoms with van der Waals surface area (Å²) in [6, 6.07) is 3.89. The fraction of sp³-hybridized carbons (Fsp3) is 0.667. The first kappa shape index (κ1) is 19.4. The third-order valence-electron chi connectivity index (χ3n) is 6.40. The third-order valence-corrected chi connectivity index (χ3v) is 7.25. The number of hydrogen-bond donors (Lipinski definition) is 1. The molecule has 0 bridgehead atoms. The van der Waals surface area contributed by atoms with Gasteiger partial charge in [0.1, 0.15) is 10.8 Å². The van der Waals surface area contributed by atoms with Gasteiger partial charge in [0.05, 0.1) is 0 Å². The maximum atomic E-state index is 12.6. The minimum atomic E-state index is -0.173. The van der Waals surface area contributed by atoms with Gasteiger partial charge >= 0.3 is 5.69 Å². The molecule has 1 amide bonds. The molecule has 2 fully saturated rings. The lowest BCUT2D eigenvalue weighted by molar-refractivity contribution is -0.133. The van der Waals surface area contributed by atoms with E-state index in [2.05, 4.69) is 15.1 Å². The number of thiophene rings is 1. The molecule has 28 heavy (non-hydrogen) atoms. The van der Waals surface area contributed by atoms with Crippen molar-refractivity contribution >= 4 is 17.2 Å². The third kappa shape index (κ3) is 4.57. The summed E-state index contributed by atoms with van der Waals surface area (Å²) in [5.74, 6) is 2.37. The van der Waals surface area contributed by atoms with E-state index in [-0.39, 0.29) is 5.69 Å². The lowest BCUT2D eigenvalue weighted by Gasteiger charge is -2.32. The van der Waals surface area contributed by atoms with Crippen LogP contribution in [0.1, 0.15) is 63.6 Å². The van der Waals surface area contributed by atoms with Gasteiger partial charge in [-0.25, -0.2) is 14.5 Å². The maximum Gasteiger partial charge on any atom is 0.348 e. The fourth-order valence-corrected chi connectivity index (χ4v) is 5.44. The Morgan fingerprint density at radius 2 is 1.93 bits per heavy atom. The molecule has 2 aliphatic rings. The summed E-state index contributed by atoms with van der Waals surface area (Å²) in [5, 5.41) is 9.72. The summed E-state index contributed by atoms with van der Waals surface area (Å²) in [4.78, 5) is 26.8. The second kappa shape index (κ2) is 9.07. The van der Waals surface area contributed by atoms with Crippen molar-refractivity contribution in [1.29, 1.82) is 0 Å². The zero-order chi connectivity index (χ0) is 19.3. The van der Waals surface area contributed by atoms with Crippen LogP contribution in [0.3, 0.4) is 0 Å². The number of amides is 1. The molecule has 1 saturated heterocycles. The van der Waals surface area contributed by atoms with E-state index in [1.807, 2.05) is 17.5 Å². The summed E-state index contributed by atoms with van der Waals surface area (Å²) < 4.78 is 1.69. The van der Waals surface area contributed by atoms with E-state index in [0.29, 0.717) is 18.2 Å². The van der Waals surface area contributed by atoms with E-state index in [4.69, 9.17) is 0 Å². The number of aromatic nitrogens is 3. The summed E-state index contributed by atoms with van der Waals surface area (Å²) in [6.07, 6.45) is 11.2. The second-order valence-electron chi connectivity index (χ2n) is 8.30. The Hall–Kier alpha value is -1.89. The van der Waals surface area contributed by atoms with Gasteiger partial charge in [-0.15, -0.1) is 11.3 Å². The highest BCUT2D eigenvalue weighted by Crippen LogP contribution is 2.28. The van der Waals surface area contributed by atoms with Crippen LogP contribution in [0.4, 0.5) is 0 Å². The number of hydrogen-bond acceptors (Lipinski definition) is 4. The van der Waals surface area contributed by atoms with Crippen molar-refractivity contribution in [3.8, 4) is 5.00 Å². The first-order valence-corrected chi connectivity index (χ1v) is 11.6. The van der Waals surface area contributed by atoms with Crippen LogP contribution in [0.5, 0.6) is 0 Å². The molecule has 1 N–H and O–H groups in total. The summed E-state index contributed by atoms with van der Waals surface area (Å²) in [7, 11) is 0. The number of likely N-dealkylation sites (tertiary alicyclic amines) is 1. The molecule has 6 nitrogen and oxygen atoms in total. The molecule has 3 heterocycles. The van der Waals surface area contributed by atoms with E-state index in [0.717, 1.165) is 55.5 Å². The van der Waals surface area contributed by atoms with Crippen molar-refractivity contribution in [2.75, 3.05) is 13.1 Å². The zero-order valence-electron chi connectivity index (χ0n) is 16.4. The van der Waals surface area contributed by atoms with Crippen molar-refractivity contribution in [1.82, 2.24) is 19.7 Å². The SMILES string of the molecule is O=C(CCC1CCCCC1)N1CCC(Cc2n[nH]c(=O)n2-c2cccs2)CC1. The molecular formula is C21H30N4O2S. The molecule has 2 aromatic heterocycles. The minimum Gasteiger partial charge on any atom is -0.343 e. The quantitative estimate of drug-likeness (QED) is 0.800. The summed E-state index contributed by atoms with van der Waals surface area (Å²) in [6.45, 7) is 1.67. The molecule has 4 rings (SSSR count). The Bertz CT molecular complexity index is 812. The van der Waals surface area contributed by atoms with Gasteiger partial charge in [-0.1, -0.05) is 32.1 Å². The van der Waals surface area contributed by atoms with Crippen molar-refractivity contribution in [2.45, 2.75) is 64.2 Å². The Balaban J connectivity index is 1.27. The predicted octanol–water partition coefficient (Wildman–Crippen LogP) is 3.76. The molecule has 0 atom stereocenters. The lowest BCUT2D eigenvalue weighted by atomic mass is 9.86. The van der Waals surface area contributed by atoms with Crippen LogP contribution in [-0.4, -0.2) is 38.7 Å². The Morgan fingerprint density at radius 1 is 1.14 bits per heavy atom. The fourth-order valence-electron chi connectivity index (χ4n) is 4.70. The molecule has 152 valence electrons. The Morgan fingerprint density at radius 3 is 2.64 bits per heavy atom. The molecule has 7 heteroatoms.